The van der Waals surface area contributed by atoms with Crippen LogP contribution in [0.2, 0.25) is 0 Å². The molecule has 0 saturated heterocycles. The number of nitrogens with one attached hydrogen (secondary N) is 1. The van der Waals surface area contributed by atoms with Crippen LogP contribution in [0.15, 0.2) is 133 Å². The average molecular weight is 567 g/mol. The average Bonchev–Trinajstić information content (AvgIpc) is 3.44. The number of carbonyl (C=O) groups excluding carboxylic acids is 1. The molecule has 0 aliphatic rings. The first kappa shape index (κ1) is 27.5. The molecule has 0 aliphatic carbocycles. The largest absolute Gasteiger partial charge is 0.494 e. The Labute approximate surface area is 250 Å². The van der Waals surface area contributed by atoms with Crippen molar-refractivity contribution in [2.75, 3.05) is 13.2 Å². The van der Waals surface area contributed by atoms with Crippen molar-refractivity contribution >= 4 is 23.0 Å². The molecule has 1 N–H and O–H groups in total. The van der Waals surface area contributed by atoms with E-state index >= 15 is 0 Å². The molecule has 0 aliphatic heterocycles. The molecule has 1 amide bonds. The maximum atomic E-state index is 12.7. The molecule has 7 heteroatoms. The number of carbonyl (C=O) groups is 1. The van der Waals surface area contributed by atoms with Gasteiger partial charge in [-0.1, -0.05) is 78.9 Å². The first-order chi connectivity index (χ1) is 21.2. The molecule has 43 heavy (non-hydrogen) atoms. The number of nitrogens with zero attached hydrogens (tertiary/aromatic N) is 3. The summed E-state index contributed by atoms with van der Waals surface area (Å²) in [5.74, 6) is 0.982. The number of benzene rings is 4. The molecular formula is C36H30N4O3. The van der Waals surface area contributed by atoms with Crippen LogP contribution in [0.5, 0.6) is 11.5 Å². The third-order valence-corrected chi connectivity index (χ3v) is 6.90. The van der Waals surface area contributed by atoms with Gasteiger partial charge in [-0.3, -0.25) is 9.78 Å². The Hall–Kier alpha value is -5.69. The fraction of sp³-hybridized carbons (Fsp3) is 0.0833. The maximum Gasteiger partial charge on any atom is 0.277 e. The van der Waals surface area contributed by atoms with Crippen molar-refractivity contribution in [1.82, 2.24) is 15.0 Å². The second-order valence-electron chi connectivity index (χ2n) is 9.74. The van der Waals surface area contributed by atoms with Crippen LogP contribution in [-0.2, 0) is 4.79 Å². The Morgan fingerprint density at radius 1 is 0.837 bits per heavy atom. The third kappa shape index (κ3) is 6.16. The number of para-hydroxylation sites is 1. The summed E-state index contributed by atoms with van der Waals surface area (Å²) < 4.78 is 13.7. The van der Waals surface area contributed by atoms with Gasteiger partial charge in [0, 0.05) is 22.8 Å². The molecular weight excluding hydrogens is 536 g/mol. The molecule has 0 unspecified atom stereocenters. The molecule has 0 spiro atoms. The van der Waals surface area contributed by atoms with E-state index in [2.05, 4.69) is 50.4 Å². The van der Waals surface area contributed by atoms with Crippen molar-refractivity contribution in [2.45, 2.75) is 6.92 Å². The quantitative estimate of drug-likeness (QED) is 0.140. The van der Waals surface area contributed by atoms with Crippen LogP contribution in [0, 0.1) is 0 Å². The Bertz CT molecular complexity index is 1860. The van der Waals surface area contributed by atoms with Crippen LogP contribution in [0.4, 0.5) is 0 Å². The standard InChI is InChI=1S/C36H30N4O3/c1-2-42-31-20-18-30(19-21-31)40-32(26-11-5-3-6-12-26)23-29(36(40)28-13-7-4-8-14-28)24-38-39-34(41)25-43-33-17-9-15-27-16-10-22-37-35(27)33/h3-24H,2,25H2,1H3,(H,39,41)/b38-24-. The molecule has 2 heterocycles. The maximum absolute atomic E-state index is 12.7. The van der Waals surface area contributed by atoms with Crippen LogP contribution in [0.25, 0.3) is 39.1 Å². The van der Waals surface area contributed by atoms with Gasteiger partial charge in [0.1, 0.15) is 17.0 Å². The Morgan fingerprint density at radius 2 is 1.56 bits per heavy atom. The zero-order chi connectivity index (χ0) is 29.4. The van der Waals surface area contributed by atoms with Crippen molar-refractivity contribution < 1.29 is 14.3 Å². The van der Waals surface area contributed by atoms with Crippen molar-refractivity contribution in [3.8, 4) is 39.7 Å². The van der Waals surface area contributed by atoms with Gasteiger partial charge in [0.05, 0.1) is 24.2 Å². The number of ether oxygens (including phenoxy) is 2. The van der Waals surface area contributed by atoms with Gasteiger partial charge in [0.15, 0.2) is 6.61 Å². The van der Waals surface area contributed by atoms with E-state index in [0.29, 0.717) is 17.9 Å². The molecule has 7 nitrogen and oxygen atoms in total. The lowest BCUT2D eigenvalue weighted by atomic mass is 10.1. The van der Waals surface area contributed by atoms with Gasteiger partial charge in [-0.15, -0.1) is 0 Å². The minimum atomic E-state index is -0.375. The summed E-state index contributed by atoms with van der Waals surface area (Å²) in [6, 6.07) is 39.9. The monoisotopic (exact) mass is 566 g/mol. The molecule has 212 valence electrons. The second kappa shape index (κ2) is 12.9. The Morgan fingerprint density at radius 3 is 2.30 bits per heavy atom. The van der Waals surface area contributed by atoms with Crippen LogP contribution >= 0.6 is 0 Å². The van der Waals surface area contributed by atoms with Gasteiger partial charge in [-0.2, -0.15) is 5.10 Å². The highest BCUT2D eigenvalue weighted by Crippen LogP contribution is 2.36. The summed E-state index contributed by atoms with van der Waals surface area (Å²) in [4.78, 5) is 17.1. The molecule has 2 aromatic heterocycles. The number of hydrazone groups is 1. The summed E-state index contributed by atoms with van der Waals surface area (Å²) in [6.45, 7) is 2.38. The Balaban J connectivity index is 1.32. The minimum absolute atomic E-state index is 0.193. The van der Waals surface area contributed by atoms with Gasteiger partial charge in [-0.05, 0) is 60.5 Å². The molecule has 4 aromatic carbocycles. The fourth-order valence-electron chi connectivity index (χ4n) is 5.01. The molecule has 6 aromatic rings. The van der Waals surface area contributed by atoms with E-state index in [1.54, 1.807) is 18.5 Å². The lowest BCUT2D eigenvalue weighted by Gasteiger charge is -2.15. The van der Waals surface area contributed by atoms with Crippen molar-refractivity contribution in [3.05, 3.63) is 133 Å². The predicted octanol–water partition coefficient (Wildman–Crippen LogP) is 7.29. The fourth-order valence-corrected chi connectivity index (χ4v) is 5.01. The van der Waals surface area contributed by atoms with Gasteiger partial charge >= 0.3 is 0 Å². The van der Waals surface area contributed by atoms with Crippen LogP contribution in [0.1, 0.15) is 12.5 Å². The zero-order valence-corrected chi connectivity index (χ0v) is 23.7. The predicted molar refractivity (Wildman–Crippen MR) is 171 cm³/mol. The second-order valence-corrected chi connectivity index (χ2v) is 9.74. The van der Waals surface area contributed by atoms with Gasteiger partial charge in [0.25, 0.3) is 5.91 Å². The first-order valence-electron chi connectivity index (χ1n) is 14.1. The highest BCUT2D eigenvalue weighted by molar-refractivity contribution is 5.94. The number of rotatable bonds is 10. The number of hydrogen-bond acceptors (Lipinski definition) is 5. The molecule has 0 bridgehead atoms. The van der Waals surface area contributed by atoms with Crippen LogP contribution < -0.4 is 14.9 Å². The molecule has 0 radical (unpaired) electrons. The number of amides is 1. The lowest BCUT2D eigenvalue weighted by molar-refractivity contribution is -0.123. The van der Waals surface area contributed by atoms with E-state index in [-0.39, 0.29) is 12.5 Å². The molecule has 0 fully saturated rings. The summed E-state index contributed by atoms with van der Waals surface area (Å²) in [7, 11) is 0. The topological polar surface area (TPSA) is 77.7 Å². The number of aromatic nitrogens is 2. The van der Waals surface area contributed by atoms with Crippen molar-refractivity contribution in [1.29, 1.82) is 0 Å². The number of fused-ring (bicyclic) bond motifs is 1. The van der Waals surface area contributed by atoms with Crippen LogP contribution in [-0.4, -0.2) is 34.9 Å². The van der Waals surface area contributed by atoms with E-state index in [1.807, 2.05) is 91.9 Å². The highest BCUT2D eigenvalue weighted by Gasteiger charge is 2.19. The van der Waals surface area contributed by atoms with Gasteiger partial charge in [0.2, 0.25) is 0 Å². The van der Waals surface area contributed by atoms with E-state index < -0.39 is 0 Å². The van der Waals surface area contributed by atoms with E-state index in [1.165, 1.54) is 0 Å². The highest BCUT2D eigenvalue weighted by atomic mass is 16.5. The van der Waals surface area contributed by atoms with Crippen molar-refractivity contribution in [3.63, 3.8) is 0 Å². The zero-order valence-electron chi connectivity index (χ0n) is 23.7. The Kier molecular flexibility index (Phi) is 8.22. The van der Waals surface area contributed by atoms with Crippen molar-refractivity contribution in [2.24, 2.45) is 5.10 Å². The molecule has 0 atom stereocenters. The smallest absolute Gasteiger partial charge is 0.277 e. The number of pyridine rings is 1. The van der Waals surface area contributed by atoms with E-state index in [0.717, 1.165) is 44.9 Å². The van der Waals surface area contributed by atoms with Crippen LogP contribution in [0.3, 0.4) is 0 Å². The number of hydrogen-bond donors (Lipinski definition) is 1. The van der Waals surface area contributed by atoms with Gasteiger partial charge in [-0.25, -0.2) is 5.43 Å². The minimum Gasteiger partial charge on any atom is -0.494 e. The van der Waals surface area contributed by atoms with E-state index in [4.69, 9.17) is 9.47 Å². The lowest BCUT2D eigenvalue weighted by Crippen LogP contribution is -2.24. The third-order valence-electron chi connectivity index (χ3n) is 6.90. The summed E-state index contributed by atoms with van der Waals surface area (Å²) >= 11 is 0. The van der Waals surface area contributed by atoms with E-state index in [9.17, 15) is 4.79 Å². The normalized spacial score (nSPS) is 11.1. The summed E-state index contributed by atoms with van der Waals surface area (Å²) in [6.07, 6.45) is 3.38. The molecule has 6 rings (SSSR count). The summed E-state index contributed by atoms with van der Waals surface area (Å²) in [5.41, 5.74) is 9.14. The first-order valence-corrected chi connectivity index (χ1v) is 14.1. The van der Waals surface area contributed by atoms with Gasteiger partial charge < -0.3 is 14.0 Å². The SMILES string of the molecule is CCOc1ccc(-n2c(-c3ccccc3)cc(/C=N\NC(=O)COc3cccc4cccnc34)c2-c2ccccc2)cc1. The molecule has 0 saturated carbocycles. The summed E-state index contributed by atoms with van der Waals surface area (Å²) in [5, 5.41) is 5.27.